The van der Waals surface area contributed by atoms with E-state index in [1.807, 2.05) is 30.3 Å². The maximum absolute atomic E-state index is 6.58. The van der Waals surface area contributed by atoms with Gasteiger partial charge in [0.15, 0.2) is 5.84 Å². The molecule has 0 saturated carbocycles. The average Bonchev–Trinajstić information content (AvgIpc) is 2.93. The highest BCUT2D eigenvalue weighted by atomic mass is 79.9. The maximum atomic E-state index is 6.58. The molecule has 1 heterocycles. The zero-order valence-electron chi connectivity index (χ0n) is 20.3. The molecule has 0 saturated heterocycles. The van der Waals surface area contributed by atoms with Crippen LogP contribution in [0.25, 0.3) is 0 Å². The zero-order valence-corrected chi connectivity index (χ0v) is 35.4. The first-order valence-corrected chi connectivity index (χ1v) is 20.0. The Balaban J connectivity index is 1.71. The highest BCUT2D eigenvalue weighted by molar-refractivity contribution is 9.15. The van der Waals surface area contributed by atoms with Gasteiger partial charge >= 0.3 is 13.7 Å². The van der Waals surface area contributed by atoms with Gasteiger partial charge in [0, 0.05) is 45.8 Å². The topological polar surface area (TPSA) is 64.8 Å². The summed E-state index contributed by atoms with van der Waals surface area (Å²) in [4.78, 5) is 4.66. The minimum absolute atomic E-state index is 0.0174. The molecule has 0 amide bonds. The van der Waals surface area contributed by atoms with E-state index in [4.69, 9.17) is 23.3 Å². The van der Waals surface area contributed by atoms with E-state index in [2.05, 4.69) is 148 Å². The molecule has 16 heteroatoms. The van der Waals surface area contributed by atoms with Crippen molar-refractivity contribution in [3.63, 3.8) is 0 Å². The molecule has 5 rings (SSSR count). The number of aliphatic imine (C=N–C) groups is 1. The third kappa shape index (κ3) is 7.93. The molecule has 0 N–H and O–H groups in total. The maximum Gasteiger partial charge on any atom is 0.455 e. The molecular weight excluding hydrogens is 1150 g/mol. The van der Waals surface area contributed by atoms with E-state index < -0.39 is 7.66 Å². The van der Waals surface area contributed by atoms with Crippen molar-refractivity contribution < 1.29 is 13.8 Å². The largest absolute Gasteiger partial charge is 0.455 e. The van der Waals surface area contributed by atoms with E-state index in [1.165, 1.54) is 0 Å². The predicted octanol–water partition coefficient (Wildman–Crippen LogP) is 13.8. The van der Waals surface area contributed by atoms with Crippen LogP contribution in [0.3, 0.4) is 0 Å². The van der Waals surface area contributed by atoms with Crippen LogP contribution in [0, 0.1) is 0 Å². The first-order chi connectivity index (χ1) is 19.9. The van der Waals surface area contributed by atoms with Gasteiger partial charge in [-0.25, -0.2) is 0 Å². The predicted molar refractivity (Wildman–Crippen MR) is 200 cm³/mol. The molecule has 0 aliphatic carbocycles. The minimum atomic E-state index is -3.58. The van der Waals surface area contributed by atoms with E-state index in [9.17, 15) is 0 Å². The second-order valence-corrected chi connectivity index (χ2v) is 17.4. The first kappa shape index (κ1) is 33.5. The fourth-order valence-electron chi connectivity index (χ4n) is 3.38. The Labute approximate surface area is 316 Å². The summed E-state index contributed by atoms with van der Waals surface area (Å²) >= 11 is 32.0. The Morgan fingerprint density at radius 3 is 1.36 bits per heavy atom. The first-order valence-electron chi connectivity index (χ1n) is 11.3. The number of hydrogen-bond acceptors (Lipinski definition) is 6. The van der Waals surface area contributed by atoms with E-state index in [1.54, 1.807) is 36.4 Å². The second kappa shape index (κ2) is 14.3. The van der Waals surface area contributed by atoms with Crippen LogP contribution in [0.4, 0.5) is 0 Å². The van der Waals surface area contributed by atoms with Gasteiger partial charge in [0.1, 0.15) is 17.2 Å². The normalized spacial score (nSPS) is 14.0. The van der Waals surface area contributed by atoms with E-state index in [0.29, 0.717) is 23.1 Å². The molecule has 216 valence electrons. The summed E-state index contributed by atoms with van der Waals surface area (Å²) in [6.45, 7) is 0. The van der Waals surface area contributed by atoms with Crippen LogP contribution in [0.1, 0.15) is 5.56 Å². The SMILES string of the molecule is Brc1cc(OC2=NC(c3ccccc3)=NP(Oc3cc(Br)c(Br)c(Br)c3)(Oc3cc(Br)c(Br)c(Br)c3)=N2)cc(Br)c1Br. The summed E-state index contributed by atoms with van der Waals surface area (Å²) in [5.41, 5.74) is 0.736. The van der Waals surface area contributed by atoms with Gasteiger partial charge in [-0.05, 0) is 180 Å². The Morgan fingerprint density at radius 1 is 0.524 bits per heavy atom. The fourth-order valence-corrected chi connectivity index (χ4v) is 9.21. The van der Waals surface area contributed by atoms with E-state index in [0.717, 1.165) is 45.8 Å². The van der Waals surface area contributed by atoms with Crippen molar-refractivity contribution in [1.82, 2.24) is 0 Å². The molecular formula is C26H11Br9N3O3P. The van der Waals surface area contributed by atoms with Gasteiger partial charge in [-0.1, -0.05) is 30.3 Å². The molecule has 0 spiro atoms. The van der Waals surface area contributed by atoms with Crippen molar-refractivity contribution in [3.05, 3.63) is 113 Å². The van der Waals surface area contributed by atoms with Crippen molar-refractivity contribution in [2.75, 3.05) is 0 Å². The Hall–Kier alpha value is 0.170. The standard InChI is InChI=1S/C26H11Br9N3O3P/c27-16-6-13(7-17(28)22(16)33)39-26-36-25(12-4-2-1-3-5-12)37-42(38-26,40-14-8-18(29)23(34)19(30)9-14)41-15-10-20(31)24(35)21(32)11-15/h1-11H. The van der Waals surface area contributed by atoms with Crippen LogP contribution in [0.15, 0.2) is 121 Å². The molecule has 0 unspecified atom stereocenters. The van der Waals surface area contributed by atoms with Crippen molar-refractivity contribution in [2.45, 2.75) is 0 Å². The van der Waals surface area contributed by atoms with Gasteiger partial charge in [0.05, 0.1) is 0 Å². The van der Waals surface area contributed by atoms with Crippen LogP contribution in [0.5, 0.6) is 17.2 Å². The van der Waals surface area contributed by atoms with Crippen molar-refractivity contribution in [1.29, 1.82) is 0 Å². The summed E-state index contributed by atoms with van der Waals surface area (Å²) in [6.07, 6.45) is 0. The molecule has 42 heavy (non-hydrogen) atoms. The van der Waals surface area contributed by atoms with Crippen LogP contribution < -0.4 is 13.8 Å². The van der Waals surface area contributed by atoms with E-state index >= 15 is 0 Å². The van der Waals surface area contributed by atoms with Crippen LogP contribution in [0.2, 0.25) is 0 Å². The summed E-state index contributed by atoms with van der Waals surface area (Å²) < 4.78 is 36.2. The molecule has 0 fully saturated rings. The molecule has 4 aromatic rings. The lowest BCUT2D eigenvalue weighted by Gasteiger charge is -2.25. The average molecular weight is 1160 g/mol. The van der Waals surface area contributed by atoms with Crippen molar-refractivity contribution in [3.8, 4) is 17.2 Å². The van der Waals surface area contributed by atoms with Gasteiger partial charge in [-0.2, -0.15) is 9.76 Å². The number of nitrogens with zero attached hydrogens (tertiary/aromatic N) is 3. The number of ether oxygens (including phenoxy) is 1. The summed E-state index contributed by atoms with van der Waals surface area (Å²) in [5, 5.41) is 0. The lowest BCUT2D eigenvalue weighted by atomic mass is 10.2. The van der Waals surface area contributed by atoms with Gasteiger partial charge in [0.25, 0.3) is 0 Å². The highest BCUT2D eigenvalue weighted by Gasteiger charge is 2.34. The van der Waals surface area contributed by atoms with Crippen molar-refractivity contribution in [2.24, 2.45) is 14.5 Å². The van der Waals surface area contributed by atoms with Crippen LogP contribution in [-0.4, -0.2) is 11.9 Å². The lowest BCUT2D eigenvalue weighted by Crippen LogP contribution is -2.17. The minimum Gasteiger partial charge on any atom is -0.424 e. The van der Waals surface area contributed by atoms with E-state index in [-0.39, 0.29) is 6.02 Å². The number of hydrogen-bond donors (Lipinski definition) is 0. The van der Waals surface area contributed by atoms with Crippen LogP contribution >= 0.6 is 151 Å². The molecule has 1 aliphatic rings. The summed E-state index contributed by atoms with van der Waals surface area (Å²) in [6, 6.07) is 20.3. The van der Waals surface area contributed by atoms with Crippen molar-refractivity contribution >= 4 is 163 Å². The van der Waals surface area contributed by atoms with Gasteiger partial charge in [-0.15, -0.1) is 4.74 Å². The van der Waals surface area contributed by atoms with Gasteiger partial charge in [-0.3, -0.25) is 0 Å². The van der Waals surface area contributed by atoms with Crippen LogP contribution in [-0.2, 0) is 0 Å². The Bertz CT molecular complexity index is 1700. The van der Waals surface area contributed by atoms with Gasteiger partial charge in [0.2, 0.25) is 0 Å². The highest BCUT2D eigenvalue weighted by Crippen LogP contribution is 2.57. The second-order valence-electron chi connectivity index (χ2n) is 8.16. The lowest BCUT2D eigenvalue weighted by molar-refractivity contribution is 0.470. The number of rotatable bonds is 6. The molecule has 0 bridgehead atoms. The van der Waals surface area contributed by atoms with Gasteiger partial charge < -0.3 is 13.8 Å². The number of benzene rings is 4. The Kier molecular flexibility index (Phi) is 11.4. The molecule has 6 nitrogen and oxygen atoms in total. The molecule has 1 aliphatic heterocycles. The summed E-state index contributed by atoms with van der Waals surface area (Å²) in [7, 11) is -3.58. The summed E-state index contributed by atoms with van der Waals surface area (Å²) in [5.74, 6) is 1.73. The molecule has 0 aromatic heterocycles. The molecule has 4 aromatic carbocycles. The Morgan fingerprint density at radius 2 is 0.929 bits per heavy atom. The third-order valence-electron chi connectivity index (χ3n) is 5.20. The smallest absolute Gasteiger partial charge is 0.424 e. The number of halogens is 9. The monoisotopic (exact) mass is 1150 g/mol. The zero-order chi connectivity index (χ0) is 30.2. The number of amidine groups is 2. The molecule has 0 atom stereocenters. The fraction of sp³-hybridized carbons (Fsp3) is 0. The quantitative estimate of drug-likeness (QED) is 0.143. The molecule has 0 radical (unpaired) electrons. The third-order valence-corrected chi connectivity index (χ3v) is 16.5.